The maximum Gasteiger partial charge on any atom is 0.410 e. The third-order valence-electron chi connectivity index (χ3n) is 3.97. The predicted octanol–water partition coefficient (Wildman–Crippen LogP) is 4.06. The van der Waals surface area contributed by atoms with E-state index < -0.39 is 5.60 Å². The average molecular weight is 364 g/mol. The van der Waals surface area contributed by atoms with Crippen LogP contribution >= 0.6 is 11.6 Å². The molecule has 0 radical (unpaired) electrons. The standard InChI is InChI=1S/C18H22ClN3O3/c1-18(2,3)25-17(23)22-9-7-12(8-10-22)24-14-6-4-5-13-15(14)16(19)21-11-20-13/h4-6,11-12H,7-10H2,1-3H3. The number of likely N-dealkylation sites (tertiary alicyclic amines) is 1. The second kappa shape index (κ2) is 7.04. The molecule has 25 heavy (non-hydrogen) atoms. The summed E-state index contributed by atoms with van der Waals surface area (Å²) in [4.78, 5) is 22.1. The van der Waals surface area contributed by atoms with Gasteiger partial charge < -0.3 is 14.4 Å². The summed E-state index contributed by atoms with van der Waals surface area (Å²) in [6, 6.07) is 5.63. The quantitative estimate of drug-likeness (QED) is 0.753. The van der Waals surface area contributed by atoms with Crippen LogP contribution in [0.15, 0.2) is 24.5 Å². The third-order valence-corrected chi connectivity index (χ3v) is 4.25. The molecule has 0 spiro atoms. The number of halogens is 1. The van der Waals surface area contributed by atoms with Crippen LogP contribution in [-0.2, 0) is 4.74 Å². The lowest BCUT2D eigenvalue weighted by Gasteiger charge is -2.33. The Bertz CT molecular complexity index is 762. The fraction of sp³-hybridized carbons (Fsp3) is 0.500. The molecule has 1 aliphatic heterocycles. The number of amides is 1. The first-order valence-corrected chi connectivity index (χ1v) is 8.75. The van der Waals surface area contributed by atoms with Crippen LogP contribution in [0, 0.1) is 0 Å². The van der Waals surface area contributed by atoms with Crippen LogP contribution in [0.2, 0.25) is 5.15 Å². The van der Waals surface area contributed by atoms with Gasteiger partial charge in [0.1, 0.15) is 28.9 Å². The summed E-state index contributed by atoms with van der Waals surface area (Å²) >= 11 is 6.21. The summed E-state index contributed by atoms with van der Waals surface area (Å²) in [6.07, 6.45) is 2.66. The first kappa shape index (κ1) is 17.7. The SMILES string of the molecule is CC(C)(C)OC(=O)N1CCC(Oc2cccc3ncnc(Cl)c23)CC1. The minimum absolute atomic E-state index is 0.0144. The van der Waals surface area contributed by atoms with Crippen LogP contribution in [0.5, 0.6) is 5.75 Å². The van der Waals surface area contributed by atoms with Gasteiger partial charge >= 0.3 is 6.09 Å². The fourth-order valence-electron chi connectivity index (χ4n) is 2.80. The molecule has 1 aromatic heterocycles. The number of rotatable bonds is 2. The van der Waals surface area contributed by atoms with Crippen LogP contribution in [0.25, 0.3) is 10.9 Å². The third kappa shape index (κ3) is 4.31. The van der Waals surface area contributed by atoms with Crippen molar-refractivity contribution in [2.45, 2.75) is 45.3 Å². The number of hydrogen-bond donors (Lipinski definition) is 0. The predicted molar refractivity (Wildman–Crippen MR) is 96.0 cm³/mol. The Morgan fingerprint density at radius 1 is 1.24 bits per heavy atom. The number of benzene rings is 1. The Labute approximate surface area is 152 Å². The number of carbonyl (C=O) groups excluding carboxylic acids is 1. The van der Waals surface area contributed by atoms with Crippen molar-refractivity contribution in [2.75, 3.05) is 13.1 Å². The molecular formula is C18H22ClN3O3. The Hall–Kier alpha value is -2.08. The molecule has 1 amide bonds. The van der Waals surface area contributed by atoms with Gasteiger partial charge in [0.05, 0.1) is 10.9 Å². The zero-order valence-corrected chi connectivity index (χ0v) is 15.4. The van der Waals surface area contributed by atoms with E-state index in [9.17, 15) is 4.79 Å². The van der Waals surface area contributed by atoms with E-state index in [1.165, 1.54) is 6.33 Å². The highest BCUT2D eigenvalue weighted by atomic mass is 35.5. The Morgan fingerprint density at radius 2 is 1.96 bits per heavy atom. The maximum atomic E-state index is 12.1. The second-order valence-electron chi connectivity index (χ2n) is 7.10. The summed E-state index contributed by atoms with van der Waals surface area (Å²) in [6.45, 7) is 6.82. The normalized spacial score (nSPS) is 16.1. The molecule has 0 unspecified atom stereocenters. The summed E-state index contributed by atoms with van der Waals surface area (Å²) in [7, 11) is 0. The van der Waals surface area contributed by atoms with Crippen molar-refractivity contribution in [1.29, 1.82) is 0 Å². The molecule has 1 fully saturated rings. The van der Waals surface area contributed by atoms with Gasteiger partial charge in [0.25, 0.3) is 0 Å². The van der Waals surface area contributed by atoms with Crippen LogP contribution in [0.3, 0.4) is 0 Å². The largest absolute Gasteiger partial charge is 0.489 e. The van der Waals surface area contributed by atoms with Crippen LogP contribution < -0.4 is 4.74 Å². The molecule has 3 rings (SSSR count). The van der Waals surface area contributed by atoms with E-state index in [0.717, 1.165) is 23.7 Å². The zero-order valence-electron chi connectivity index (χ0n) is 14.7. The van der Waals surface area contributed by atoms with Crippen molar-refractivity contribution in [3.63, 3.8) is 0 Å². The van der Waals surface area contributed by atoms with Gasteiger partial charge in [-0.25, -0.2) is 14.8 Å². The lowest BCUT2D eigenvalue weighted by Crippen LogP contribution is -2.44. The van der Waals surface area contributed by atoms with E-state index in [1.54, 1.807) is 4.90 Å². The van der Waals surface area contributed by atoms with Crippen molar-refractivity contribution >= 4 is 28.6 Å². The smallest absolute Gasteiger partial charge is 0.410 e. The summed E-state index contributed by atoms with van der Waals surface area (Å²) in [5.41, 5.74) is 0.271. The first-order valence-electron chi connectivity index (χ1n) is 8.37. The first-order chi connectivity index (χ1) is 11.8. The fourth-order valence-corrected chi connectivity index (χ4v) is 3.03. The minimum Gasteiger partial charge on any atom is -0.489 e. The van der Waals surface area contributed by atoms with Crippen LogP contribution in [0.4, 0.5) is 4.79 Å². The van der Waals surface area contributed by atoms with Gasteiger partial charge in [-0.2, -0.15) is 0 Å². The molecule has 2 heterocycles. The average Bonchev–Trinajstić information content (AvgIpc) is 2.54. The molecule has 0 atom stereocenters. The Balaban J connectivity index is 1.64. The van der Waals surface area contributed by atoms with E-state index in [4.69, 9.17) is 21.1 Å². The van der Waals surface area contributed by atoms with Crippen molar-refractivity contribution in [2.24, 2.45) is 0 Å². The molecule has 6 nitrogen and oxygen atoms in total. The van der Waals surface area contributed by atoms with Crippen LogP contribution in [0.1, 0.15) is 33.6 Å². The van der Waals surface area contributed by atoms with Gasteiger partial charge in [0.2, 0.25) is 0 Å². The molecule has 0 saturated carbocycles. The van der Waals surface area contributed by atoms with Crippen molar-refractivity contribution < 1.29 is 14.3 Å². The summed E-state index contributed by atoms with van der Waals surface area (Å²) in [5, 5.41) is 1.10. The molecule has 0 N–H and O–H groups in total. The molecule has 0 aliphatic carbocycles. The van der Waals surface area contributed by atoms with Crippen LogP contribution in [-0.4, -0.2) is 45.8 Å². The molecule has 1 saturated heterocycles. The Kier molecular flexibility index (Phi) is 4.99. The number of aromatic nitrogens is 2. The topological polar surface area (TPSA) is 64.5 Å². The van der Waals surface area contributed by atoms with Gasteiger partial charge in [-0.1, -0.05) is 17.7 Å². The number of fused-ring (bicyclic) bond motifs is 1. The summed E-state index contributed by atoms with van der Waals surface area (Å²) < 4.78 is 11.6. The molecule has 134 valence electrons. The lowest BCUT2D eigenvalue weighted by molar-refractivity contribution is 0.0128. The van der Waals surface area contributed by atoms with Gasteiger partial charge in [-0.05, 0) is 32.9 Å². The van der Waals surface area contributed by atoms with Gasteiger partial charge in [0, 0.05) is 25.9 Å². The second-order valence-corrected chi connectivity index (χ2v) is 7.46. The van der Waals surface area contributed by atoms with Gasteiger partial charge in [0.15, 0.2) is 0 Å². The molecular weight excluding hydrogens is 342 g/mol. The van der Waals surface area contributed by atoms with E-state index in [1.807, 2.05) is 39.0 Å². The van der Waals surface area contributed by atoms with E-state index in [2.05, 4.69) is 9.97 Å². The molecule has 7 heteroatoms. The number of ether oxygens (including phenoxy) is 2. The maximum absolute atomic E-state index is 12.1. The number of carbonyl (C=O) groups is 1. The molecule has 0 bridgehead atoms. The highest BCUT2D eigenvalue weighted by molar-refractivity contribution is 6.34. The summed E-state index contributed by atoms with van der Waals surface area (Å²) in [5.74, 6) is 0.679. The Morgan fingerprint density at radius 3 is 2.64 bits per heavy atom. The van der Waals surface area contributed by atoms with Crippen molar-refractivity contribution in [1.82, 2.24) is 14.9 Å². The molecule has 1 aliphatic rings. The molecule has 1 aromatic carbocycles. The number of piperidine rings is 1. The molecule has 2 aromatic rings. The zero-order chi connectivity index (χ0) is 18.0. The number of hydrogen-bond acceptors (Lipinski definition) is 5. The monoisotopic (exact) mass is 363 g/mol. The highest BCUT2D eigenvalue weighted by Gasteiger charge is 2.28. The minimum atomic E-state index is -0.482. The van der Waals surface area contributed by atoms with E-state index >= 15 is 0 Å². The van der Waals surface area contributed by atoms with Gasteiger partial charge in [-0.3, -0.25) is 0 Å². The lowest BCUT2D eigenvalue weighted by atomic mass is 10.1. The van der Waals surface area contributed by atoms with Crippen molar-refractivity contribution in [3.8, 4) is 5.75 Å². The van der Waals surface area contributed by atoms with Gasteiger partial charge in [-0.15, -0.1) is 0 Å². The van der Waals surface area contributed by atoms with E-state index in [0.29, 0.717) is 24.0 Å². The van der Waals surface area contributed by atoms with Crippen molar-refractivity contribution in [3.05, 3.63) is 29.7 Å². The highest BCUT2D eigenvalue weighted by Crippen LogP contribution is 2.31. The number of nitrogens with zero attached hydrogens (tertiary/aromatic N) is 3. The van der Waals surface area contributed by atoms with E-state index in [-0.39, 0.29) is 12.2 Å².